The van der Waals surface area contributed by atoms with Gasteiger partial charge in [0.05, 0.1) is 5.69 Å². The van der Waals surface area contributed by atoms with Crippen molar-refractivity contribution >= 4 is 23.4 Å². The molecule has 3 nitrogen and oxygen atoms in total. The van der Waals surface area contributed by atoms with Gasteiger partial charge in [0.2, 0.25) is 0 Å². The van der Waals surface area contributed by atoms with E-state index < -0.39 is 12.0 Å². The van der Waals surface area contributed by atoms with Gasteiger partial charge in [0, 0.05) is 17.7 Å². The van der Waals surface area contributed by atoms with E-state index in [2.05, 4.69) is 19.1 Å². The highest BCUT2D eigenvalue weighted by Gasteiger charge is 2.30. The zero-order valence-electron chi connectivity index (χ0n) is 9.65. The number of anilines is 1. The average molecular weight is 237 g/mol. The van der Waals surface area contributed by atoms with Gasteiger partial charge in [0.25, 0.3) is 0 Å². The number of rotatable bonds is 1. The number of carboxylic acids is 1. The molecule has 0 aliphatic carbocycles. The molecule has 0 spiro atoms. The zero-order chi connectivity index (χ0) is 11.9. The summed E-state index contributed by atoms with van der Waals surface area (Å²) in [5, 5.41) is 9.14. The van der Waals surface area contributed by atoms with E-state index in [1.54, 1.807) is 11.8 Å². The third kappa shape index (κ3) is 1.67. The lowest BCUT2D eigenvalue weighted by Gasteiger charge is -2.34. The first-order valence-corrected chi connectivity index (χ1v) is 6.19. The lowest BCUT2D eigenvalue weighted by molar-refractivity contribution is -0.138. The summed E-state index contributed by atoms with van der Waals surface area (Å²) in [4.78, 5) is 14.2. The van der Waals surface area contributed by atoms with Crippen LogP contribution in [0.3, 0.4) is 0 Å². The van der Waals surface area contributed by atoms with Crippen molar-refractivity contribution < 1.29 is 9.90 Å². The van der Waals surface area contributed by atoms with E-state index in [1.807, 2.05) is 18.9 Å². The van der Waals surface area contributed by atoms with Crippen LogP contribution in [0.15, 0.2) is 17.0 Å². The molecule has 1 N–H and O–H groups in total. The minimum Gasteiger partial charge on any atom is -0.480 e. The molecule has 0 saturated heterocycles. The van der Waals surface area contributed by atoms with E-state index >= 15 is 0 Å². The number of aliphatic carboxylic acids is 1. The normalized spacial score (nSPS) is 19.4. The monoisotopic (exact) mass is 237 g/mol. The summed E-state index contributed by atoms with van der Waals surface area (Å²) in [5.74, 6) is -0.134. The zero-order valence-corrected chi connectivity index (χ0v) is 10.5. The maximum atomic E-state index is 11.1. The molecular weight excluding hydrogens is 222 g/mol. The summed E-state index contributed by atoms with van der Waals surface area (Å²) in [6, 6.07) is 3.73. The number of thioether (sulfide) groups is 1. The summed E-state index contributed by atoms with van der Waals surface area (Å²) in [6.07, 6.45) is 0. The maximum absolute atomic E-state index is 11.1. The van der Waals surface area contributed by atoms with Crippen molar-refractivity contribution in [2.75, 3.05) is 17.7 Å². The predicted molar refractivity (Wildman–Crippen MR) is 66.5 cm³/mol. The Labute approximate surface area is 99.5 Å². The molecule has 1 unspecified atom stereocenters. The van der Waals surface area contributed by atoms with Gasteiger partial charge in [-0.3, -0.25) is 0 Å². The van der Waals surface area contributed by atoms with Crippen molar-refractivity contribution in [3.63, 3.8) is 0 Å². The largest absolute Gasteiger partial charge is 0.480 e. The second kappa shape index (κ2) is 4.01. The number of carbonyl (C=O) groups is 1. The third-order valence-corrected chi connectivity index (χ3v) is 4.31. The molecule has 0 radical (unpaired) electrons. The number of fused-ring (bicyclic) bond motifs is 1. The Balaban J connectivity index is 2.52. The van der Waals surface area contributed by atoms with Gasteiger partial charge in [-0.25, -0.2) is 4.79 Å². The molecule has 1 aliphatic rings. The van der Waals surface area contributed by atoms with Gasteiger partial charge >= 0.3 is 5.97 Å². The second-order valence-corrected chi connectivity index (χ2v) is 5.18. The van der Waals surface area contributed by atoms with E-state index in [1.165, 1.54) is 10.5 Å². The number of carboxylic acid groups (broad SMARTS) is 1. The molecule has 1 aromatic carbocycles. The molecule has 86 valence electrons. The first-order valence-electron chi connectivity index (χ1n) is 5.21. The summed E-state index contributed by atoms with van der Waals surface area (Å²) in [6.45, 7) is 4.10. The van der Waals surface area contributed by atoms with Crippen LogP contribution in [0.4, 0.5) is 5.69 Å². The van der Waals surface area contributed by atoms with E-state index in [-0.39, 0.29) is 0 Å². The van der Waals surface area contributed by atoms with Crippen LogP contribution < -0.4 is 4.90 Å². The van der Waals surface area contributed by atoms with E-state index in [9.17, 15) is 4.79 Å². The fourth-order valence-electron chi connectivity index (χ4n) is 2.06. The first kappa shape index (κ1) is 11.3. The highest BCUT2D eigenvalue weighted by molar-refractivity contribution is 7.99. The minimum absolute atomic E-state index is 0.419. The van der Waals surface area contributed by atoms with E-state index in [0.29, 0.717) is 5.75 Å². The molecule has 1 atom stereocenters. The fraction of sp³-hybridized carbons (Fsp3) is 0.417. The van der Waals surface area contributed by atoms with Gasteiger partial charge in [0.15, 0.2) is 0 Å². The molecule has 0 fully saturated rings. The summed E-state index contributed by atoms with van der Waals surface area (Å²) in [5.41, 5.74) is 3.44. The van der Waals surface area contributed by atoms with Crippen LogP contribution >= 0.6 is 11.8 Å². The van der Waals surface area contributed by atoms with Crippen LogP contribution in [0, 0.1) is 13.8 Å². The Morgan fingerprint density at radius 2 is 2.06 bits per heavy atom. The standard InChI is InChI=1S/C12H15NO2S/c1-7-4-5-8(2)11-10(7)13(3)9(6-16-11)12(14)15/h4-5,9H,6H2,1-3H3,(H,14,15). The van der Waals surface area contributed by atoms with Crippen LogP contribution in [0.25, 0.3) is 0 Å². The molecule has 0 bridgehead atoms. The van der Waals surface area contributed by atoms with Crippen molar-refractivity contribution in [1.29, 1.82) is 0 Å². The predicted octanol–water partition coefficient (Wildman–Crippen LogP) is 2.30. The number of aryl methyl sites for hydroxylation is 2. The quantitative estimate of drug-likeness (QED) is 0.813. The molecule has 0 aromatic heterocycles. The maximum Gasteiger partial charge on any atom is 0.327 e. The Bertz CT molecular complexity index is 445. The van der Waals surface area contributed by atoms with E-state index in [0.717, 1.165) is 11.3 Å². The summed E-state index contributed by atoms with van der Waals surface area (Å²) < 4.78 is 0. The second-order valence-electron chi connectivity index (χ2n) is 4.15. The van der Waals surface area contributed by atoms with Crippen molar-refractivity contribution in [3.8, 4) is 0 Å². The molecule has 1 aromatic rings. The van der Waals surface area contributed by atoms with Crippen LogP contribution in [0.1, 0.15) is 11.1 Å². The van der Waals surface area contributed by atoms with Crippen LogP contribution in [0.5, 0.6) is 0 Å². The average Bonchev–Trinajstić information content (AvgIpc) is 2.23. The number of benzene rings is 1. The Morgan fingerprint density at radius 1 is 1.44 bits per heavy atom. The summed E-state index contributed by atoms with van der Waals surface area (Å²) in [7, 11) is 1.86. The van der Waals surface area contributed by atoms with Crippen LogP contribution in [-0.2, 0) is 4.79 Å². The highest BCUT2D eigenvalue weighted by atomic mass is 32.2. The summed E-state index contributed by atoms with van der Waals surface area (Å²) >= 11 is 1.65. The highest BCUT2D eigenvalue weighted by Crippen LogP contribution is 2.40. The first-order chi connectivity index (χ1) is 7.52. The van der Waals surface area contributed by atoms with Gasteiger partial charge in [0.1, 0.15) is 6.04 Å². The van der Waals surface area contributed by atoms with Gasteiger partial charge in [-0.05, 0) is 25.0 Å². The number of hydrogen-bond donors (Lipinski definition) is 1. The van der Waals surface area contributed by atoms with Crippen molar-refractivity contribution in [2.24, 2.45) is 0 Å². The van der Waals surface area contributed by atoms with Crippen molar-refractivity contribution in [3.05, 3.63) is 23.3 Å². The Hall–Kier alpha value is -1.16. The lowest BCUT2D eigenvalue weighted by Crippen LogP contribution is -2.43. The fourth-order valence-corrected chi connectivity index (χ4v) is 3.49. The van der Waals surface area contributed by atoms with Gasteiger partial charge in [-0.2, -0.15) is 0 Å². The molecule has 4 heteroatoms. The Morgan fingerprint density at radius 3 is 2.69 bits per heavy atom. The molecule has 0 amide bonds. The SMILES string of the molecule is Cc1ccc(C)c2c1SCC(C(=O)O)N2C. The molecule has 1 heterocycles. The molecule has 1 aliphatic heterocycles. The number of nitrogens with zero attached hydrogens (tertiary/aromatic N) is 1. The third-order valence-electron chi connectivity index (χ3n) is 3.02. The van der Waals surface area contributed by atoms with E-state index in [4.69, 9.17) is 5.11 Å². The van der Waals surface area contributed by atoms with Crippen molar-refractivity contribution in [1.82, 2.24) is 0 Å². The molecular formula is C12H15NO2S. The number of hydrogen-bond acceptors (Lipinski definition) is 3. The smallest absolute Gasteiger partial charge is 0.327 e. The Kier molecular flexibility index (Phi) is 2.84. The van der Waals surface area contributed by atoms with Crippen LogP contribution in [0.2, 0.25) is 0 Å². The molecule has 2 rings (SSSR count). The van der Waals surface area contributed by atoms with Crippen LogP contribution in [-0.4, -0.2) is 29.9 Å². The van der Waals surface area contributed by atoms with Gasteiger partial charge in [-0.15, -0.1) is 11.8 Å². The van der Waals surface area contributed by atoms with Gasteiger partial charge < -0.3 is 10.0 Å². The molecule has 16 heavy (non-hydrogen) atoms. The van der Waals surface area contributed by atoms with Crippen molar-refractivity contribution in [2.45, 2.75) is 24.8 Å². The lowest BCUT2D eigenvalue weighted by atomic mass is 10.1. The minimum atomic E-state index is -0.749. The van der Waals surface area contributed by atoms with Gasteiger partial charge in [-0.1, -0.05) is 12.1 Å². The topological polar surface area (TPSA) is 40.5 Å². The number of likely N-dealkylation sites (N-methyl/N-ethyl adjacent to an activating group) is 1. The molecule has 0 saturated carbocycles.